The Morgan fingerprint density at radius 3 is 2.23 bits per heavy atom. The molecular formula is C25H32N2O3S. The summed E-state index contributed by atoms with van der Waals surface area (Å²) in [5.41, 5.74) is 3.85. The number of anilines is 1. The molecule has 5 rings (SSSR count). The van der Waals surface area contributed by atoms with Crippen LogP contribution in [0.15, 0.2) is 48.5 Å². The molecule has 0 spiro atoms. The number of β-amino-alcohol motifs (C(OH)–C–C–N with tert-alkyl or cyclic N) is 1. The maximum atomic E-state index is 11.7. The molecule has 3 aliphatic rings. The zero-order chi connectivity index (χ0) is 22.0. The van der Waals surface area contributed by atoms with E-state index in [1.54, 1.807) is 0 Å². The fourth-order valence-electron chi connectivity index (χ4n) is 6.77. The summed E-state index contributed by atoms with van der Waals surface area (Å²) in [5.74, 6) is 1.57. The third-order valence-electron chi connectivity index (χ3n) is 7.81. The third-order valence-corrected chi connectivity index (χ3v) is 8.42. The van der Waals surface area contributed by atoms with E-state index < -0.39 is 15.6 Å². The molecule has 0 radical (unpaired) electrons. The highest BCUT2D eigenvalue weighted by molar-refractivity contribution is 7.92. The Labute approximate surface area is 185 Å². The maximum Gasteiger partial charge on any atom is 0.229 e. The molecule has 31 heavy (non-hydrogen) atoms. The first-order chi connectivity index (χ1) is 14.6. The molecule has 6 heteroatoms. The van der Waals surface area contributed by atoms with Gasteiger partial charge < -0.3 is 5.11 Å². The van der Waals surface area contributed by atoms with Gasteiger partial charge in [0.05, 0.1) is 11.9 Å². The summed E-state index contributed by atoms with van der Waals surface area (Å²) >= 11 is 0. The van der Waals surface area contributed by atoms with Crippen LogP contribution in [-0.2, 0) is 28.3 Å². The summed E-state index contributed by atoms with van der Waals surface area (Å²) in [7, 11) is -3.30. The van der Waals surface area contributed by atoms with E-state index in [-0.39, 0.29) is 5.41 Å². The molecule has 2 N–H and O–H groups in total. The van der Waals surface area contributed by atoms with Gasteiger partial charge in [-0.25, -0.2) is 8.42 Å². The smallest absolute Gasteiger partial charge is 0.229 e. The van der Waals surface area contributed by atoms with Crippen molar-refractivity contribution >= 4 is 15.7 Å². The highest BCUT2D eigenvalue weighted by Crippen LogP contribution is 2.67. The highest BCUT2D eigenvalue weighted by Gasteiger charge is 2.69. The molecule has 0 amide bonds. The number of benzene rings is 2. The van der Waals surface area contributed by atoms with Crippen molar-refractivity contribution in [1.82, 2.24) is 4.90 Å². The second kappa shape index (κ2) is 7.06. The topological polar surface area (TPSA) is 69.6 Å². The first-order valence-electron chi connectivity index (χ1n) is 11.2. The van der Waals surface area contributed by atoms with E-state index >= 15 is 0 Å². The summed E-state index contributed by atoms with van der Waals surface area (Å²) in [6, 6.07) is 16.3. The first kappa shape index (κ1) is 21.0. The normalized spacial score (nSPS) is 29.1. The van der Waals surface area contributed by atoms with Crippen LogP contribution in [0, 0.1) is 17.8 Å². The number of fused-ring (bicyclic) bond motifs is 2. The number of nitrogens with one attached hydrogen (secondary N) is 1. The maximum absolute atomic E-state index is 11.7. The van der Waals surface area contributed by atoms with E-state index in [2.05, 4.69) is 53.8 Å². The van der Waals surface area contributed by atoms with Gasteiger partial charge in [-0.15, -0.1) is 0 Å². The van der Waals surface area contributed by atoms with Gasteiger partial charge in [0.2, 0.25) is 10.0 Å². The summed E-state index contributed by atoms with van der Waals surface area (Å²) in [4.78, 5) is 2.44. The minimum absolute atomic E-state index is 0.0902. The molecule has 2 unspecified atom stereocenters. The quantitative estimate of drug-likeness (QED) is 0.724. The van der Waals surface area contributed by atoms with Gasteiger partial charge in [-0.05, 0) is 46.6 Å². The lowest BCUT2D eigenvalue weighted by Crippen LogP contribution is -2.45. The van der Waals surface area contributed by atoms with Crippen molar-refractivity contribution in [1.29, 1.82) is 0 Å². The van der Waals surface area contributed by atoms with Crippen molar-refractivity contribution in [3.63, 3.8) is 0 Å². The molecule has 0 bridgehead atoms. The number of aliphatic hydroxyl groups is 1. The number of likely N-dealkylation sites (tertiary alicyclic amines) is 1. The highest BCUT2D eigenvalue weighted by atomic mass is 32.2. The Morgan fingerprint density at radius 2 is 1.68 bits per heavy atom. The van der Waals surface area contributed by atoms with Crippen LogP contribution in [-0.4, -0.2) is 49.9 Å². The van der Waals surface area contributed by atoms with Gasteiger partial charge in [0.15, 0.2) is 0 Å². The van der Waals surface area contributed by atoms with E-state index in [0.717, 1.165) is 32.5 Å². The van der Waals surface area contributed by atoms with Crippen LogP contribution in [0.1, 0.15) is 30.5 Å². The molecule has 1 saturated heterocycles. The van der Waals surface area contributed by atoms with Gasteiger partial charge in [0.25, 0.3) is 0 Å². The summed E-state index contributed by atoms with van der Waals surface area (Å²) < 4.78 is 26.0. The molecule has 2 fully saturated rings. The van der Waals surface area contributed by atoms with Gasteiger partial charge in [-0.3, -0.25) is 9.62 Å². The van der Waals surface area contributed by atoms with E-state index in [4.69, 9.17) is 0 Å². The molecule has 166 valence electrons. The van der Waals surface area contributed by atoms with E-state index in [1.807, 2.05) is 18.2 Å². The molecule has 2 atom stereocenters. The molecule has 0 aromatic heterocycles. The average molecular weight is 441 g/mol. The van der Waals surface area contributed by atoms with Crippen LogP contribution in [0.3, 0.4) is 0 Å². The van der Waals surface area contributed by atoms with Crippen LogP contribution in [0.25, 0.3) is 0 Å². The number of rotatable bonds is 6. The van der Waals surface area contributed by atoms with Crippen LogP contribution in [0.5, 0.6) is 0 Å². The third kappa shape index (κ3) is 3.59. The standard InChI is InChI=1S/C25H32N2O3S/c1-17(2)25(20-9-6-10-21(11-20)26-31(3,29)30)22-14-27(15-23(22)25)16-24(28)12-18-7-4-5-8-19(18)13-24/h4-11,17,22-23,26,28H,12-16H2,1-3H3. The summed E-state index contributed by atoms with van der Waals surface area (Å²) in [5, 5.41) is 11.3. The number of hydrogen-bond donors (Lipinski definition) is 2. The Balaban J connectivity index is 1.31. The van der Waals surface area contributed by atoms with E-state index in [0.29, 0.717) is 23.4 Å². The molecule has 1 aliphatic heterocycles. The predicted molar refractivity (Wildman–Crippen MR) is 124 cm³/mol. The lowest BCUT2D eigenvalue weighted by Gasteiger charge is -2.34. The fourth-order valence-corrected chi connectivity index (χ4v) is 7.32. The van der Waals surface area contributed by atoms with Crippen LogP contribution in [0.2, 0.25) is 0 Å². The fraction of sp³-hybridized carbons (Fsp3) is 0.520. The van der Waals surface area contributed by atoms with E-state index in [1.165, 1.54) is 22.9 Å². The number of hydrogen-bond acceptors (Lipinski definition) is 4. The Bertz CT molecular complexity index is 1070. The number of nitrogens with zero attached hydrogens (tertiary/aromatic N) is 1. The van der Waals surface area contributed by atoms with Crippen molar-refractivity contribution in [2.45, 2.75) is 37.7 Å². The average Bonchev–Trinajstić information content (AvgIpc) is 2.94. The van der Waals surface area contributed by atoms with Gasteiger partial charge in [-0.2, -0.15) is 0 Å². The zero-order valence-electron chi connectivity index (χ0n) is 18.5. The molecule has 5 nitrogen and oxygen atoms in total. The molecule has 1 saturated carbocycles. The van der Waals surface area contributed by atoms with Crippen LogP contribution >= 0.6 is 0 Å². The van der Waals surface area contributed by atoms with Crippen molar-refractivity contribution in [3.8, 4) is 0 Å². The number of sulfonamides is 1. The van der Waals surface area contributed by atoms with Crippen molar-refractivity contribution in [2.24, 2.45) is 17.8 Å². The van der Waals surface area contributed by atoms with Crippen molar-refractivity contribution in [2.75, 3.05) is 30.6 Å². The van der Waals surface area contributed by atoms with Gasteiger partial charge in [-0.1, -0.05) is 50.2 Å². The minimum atomic E-state index is -3.30. The summed E-state index contributed by atoms with van der Waals surface area (Å²) in [6.07, 6.45) is 2.67. The Kier molecular flexibility index (Phi) is 4.78. The molecule has 2 aliphatic carbocycles. The predicted octanol–water partition coefficient (Wildman–Crippen LogP) is 3.04. The molecule has 1 heterocycles. The number of piperidine rings is 1. The van der Waals surface area contributed by atoms with Gasteiger partial charge in [0, 0.05) is 43.6 Å². The second-order valence-corrected chi connectivity index (χ2v) is 12.0. The second-order valence-electron chi connectivity index (χ2n) is 10.3. The summed E-state index contributed by atoms with van der Waals surface area (Å²) in [6.45, 7) is 7.26. The lowest BCUT2D eigenvalue weighted by atomic mass is 9.80. The Morgan fingerprint density at radius 1 is 1.06 bits per heavy atom. The lowest BCUT2D eigenvalue weighted by molar-refractivity contribution is 0.0132. The van der Waals surface area contributed by atoms with Crippen molar-refractivity contribution < 1.29 is 13.5 Å². The SMILES string of the molecule is CC(C)C1(c2cccc(NS(C)(=O)=O)c2)C2CN(CC3(O)Cc4ccccc4C3)CC21. The Hall–Kier alpha value is -1.89. The molecule has 2 aromatic carbocycles. The van der Waals surface area contributed by atoms with Crippen molar-refractivity contribution in [3.05, 3.63) is 65.2 Å². The van der Waals surface area contributed by atoms with Crippen LogP contribution < -0.4 is 4.72 Å². The van der Waals surface area contributed by atoms with E-state index in [9.17, 15) is 13.5 Å². The minimum Gasteiger partial charge on any atom is -0.388 e. The monoisotopic (exact) mass is 440 g/mol. The molecular weight excluding hydrogens is 408 g/mol. The van der Waals surface area contributed by atoms with Gasteiger partial charge >= 0.3 is 0 Å². The van der Waals surface area contributed by atoms with Gasteiger partial charge in [0.1, 0.15) is 0 Å². The first-order valence-corrected chi connectivity index (χ1v) is 13.1. The largest absolute Gasteiger partial charge is 0.388 e. The molecule has 2 aromatic rings. The zero-order valence-corrected chi connectivity index (χ0v) is 19.3. The van der Waals surface area contributed by atoms with Crippen LogP contribution in [0.4, 0.5) is 5.69 Å².